The number of benzene rings is 1. The number of nitrogens with zero attached hydrogens (tertiary/aromatic N) is 2. The molecule has 3 heterocycles. The number of carbonyl (C=O) groups is 1. The summed E-state index contributed by atoms with van der Waals surface area (Å²) in [6, 6.07) is 12.1. The van der Waals surface area contributed by atoms with Crippen LogP contribution in [0.2, 0.25) is 0 Å². The monoisotopic (exact) mass is 387 g/mol. The third kappa shape index (κ3) is 3.68. The second-order valence-electron chi connectivity index (χ2n) is 6.13. The molecule has 1 aliphatic heterocycles. The second-order valence-corrected chi connectivity index (χ2v) is 8.42. The van der Waals surface area contributed by atoms with Gasteiger partial charge in [0.15, 0.2) is 0 Å². The van der Waals surface area contributed by atoms with Crippen molar-refractivity contribution in [2.45, 2.75) is 11.7 Å². The Hall–Kier alpha value is -2.12. The molecule has 1 fully saturated rings. The van der Waals surface area contributed by atoms with E-state index in [4.69, 9.17) is 0 Å². The van der Waals surface area contributed by atoms with Crippen LogP contribution in [-0.4, -0.2) is 39.8 Å². The smallest absolute Gasteiger partial charge is 0.271 e. The molecule has 26 heavy (non-hydrogen) atoms. The van der Waals surface area contributed by atoms with Gasteiger partial charge in [-0.15, -0.1) is 11.3 Å². The Morgan fingerprint density at radius 3 is 2.85 bits per heavy atom. The Balaban J connectivity index is 1.45. The fourth-order valence-corrected chi connectivity index (χ4v) is 5.28. The van der Waals surface area contributed by atoms with Crippen molar-refractivity contribution in [2.75, 3.05) is 18.8 Å². The minimum atomic E-state index is -0.289. The van der Waals surface area contributed by atoms with Gasteiger partial charge in [-0.2, -0.15) is 16.9 Å². The number of thioether (sulfide) groups is 1. The number of halogens is 1. The molecule has 1 saturated heterocycles. The van der Waals surface area contributed by atoms with Crippen LogP contribution >= 0.6 is 23.1 Å². The summed E-state index contributed by atoms with van der Waals surface area (Å²) in [4.78, 5) is 16.1. The first kappa shape index (κ1) is 17.3. The Morgan fingerprint density at radius 1 is 1.23 bits per heavy atom. The zero-order valence-electron chi connectivity index (χ0n) is 14.0. The van der Waals surface area contributed by atoms with Gasteiger partial charge >= 0.3 is 0 Å². The van der Waals surface area contributed by atoms with E-state index < -0.39 is 0 Å². The van der Waals surface area contributed by atoms with E-state index in [1.54, 1.807) is 29.5 Å². The van der Waals surface area contributed by atoms with E-state index in [-0.39, 0.29) is 11.7 Å². The minimum absolute atomic E-state index is 0.0294. The third-order valence-corrected chi connectivity index (χ3v) is 6.88. The van der Waals surface area contributed by atoms with Crippen molar-refractivity contribution in [2.24, 2.45) is 0 Å². The fourth-order valence-electron chi connectivity index (χ4n) is 3.05. The molecule has 0 bridgehead atoms. The molecule has 0 radical (unpaired) electrons. The van der Waals surface area contributed by atoms with Crippen molar-refractivity contribution >= 4 is 29.0 Å². The number of H-pyrrole nitrogens is 1. The zero-order chi connectivity index (χ0) is 17.9. The maximum Gasteiger partial charge on any atom is 0.271 e. The quantitative estimate of drug-likeness (QED) is 0.715. The normalized spacial score (nSPS) is 17.9. The van der Waals surface area contributed by atoms with Gasteiger partial charge in [-0.05, 0) is 48.2 Å². The lowest BCUT2D eigenvalue weighted by Crippen LogP contribution is -2.33. The van der Waals surface area contributed by atoms with E-state index in [0.29, 0.717) is 16.6 Å². The molecule has 1 aliphatic rings. The van der Waals surface area contributed by atoms with Crippen molar-refractivity contribution < 1.29 is 9.18 Å². The Morgan fingerprint density at radius 2 is 2.08 bits per heavy atom. The third-order valence-electron chi connectivity index (χ3n) is 4.44. The lowest BCUT2D eigenvalue weighted by Gasteiger charge is -2.19. The number of aromatic amines is 1. The number of hydrogen-bond donors (Lipinski definition) is 1. The molecule has 0 spiro atoms. The molecule has 1 aromatic carbocycles. The van der Waals surface area contributed by atoms with Gasteiger partial charge in [-0.3, -0.25) is 9.89 Å². The van der Waals surface area contributed by atoms with Crippen molar-refractivity contribution in [1.29, 1.82) is 0 Å². The standard InChI is InChI=1S/C19H18FN3OS2/c20-14-5-3-13(4-6-14)15-12-16(22-21-15)19(24)23-8-7-18(26-11-9-23)17-2-1-10-25-17/h1-6,10,12,18H,7-9,11H2,(H,21,22)/t18-/m0/s1. The van der Waals surface area contributed by atoms with Gasteiger partial charge < -0.3 is 4.90 Å². The molecule has 1 amide bonds. The molecule has 1 atom stereocenters. The molecular formula is C19H18FN3OS2. The molecule has 0 aliphatic carbocycles. The van der Waals surface area contributed by atoms with Crippen LogP contribution in [0.15, 0.2) is 47.8 Å². The highest BCUT2D eigenvalue weighted by Gasteiger charge is 2.24. The Bertz CT molecular complexity index is 877. The number of carbonyl (C=O) groups excluding carboxylic acids is 1. The highest BCUT2D eigenvalue weighted by Crippen LogP contribution is 2.36. The fraction of sp³-hybridized carbons (Fsp3) is 0.263. The maximum absolute atomic E-state index is 13.1. The molecule has 0 unspecified atom stereocenters. The predicted octanol–water partition coefficient (Wildman–Crippen LogP) is 4.60. The average Bonchev–Trinajstić information content (AvgIpc) is 3.30. The van der Waals surface area contributed by atoms with E-state index in [1.165, 1.54) is 17.0 Å². The Kier molecular flexibility index (Phi) is 5.08. The SMILES string of the molecule is O=C(c1cc(-c2ccc(F)cc2)n[nH]1)N1CCS[C@H](c2cccs2)CC1. The largest absolute Gasteiger partial charge is 0.336 e. The first-order valence-electron chi connectivity index (χ1n) is 8.46. The summed E-state index contributed by atoms with van der Waals surface area (Å²) >= 11 is 3.70. The van der Waals surface area contributed by atoms with Gasteiger partial charge in [0.05, 0.1) is 5.69 Å². The summed E-state index contributed by atoms with van der Waals surface area (Å²) in [5, 5.41) is 9.61. The highest BCUT2D eigenvalue weighted by molar-refractivity contribution is 7.99. The molecule has 4 rings (SSSR count). The molecular weight excluding hydrogens is 369 g/mol. The van der Waals surface area contributed by atoms with E-state index in [0.717, 1.165) is 30.8 Å². The van der Waals surface area contributed by atoms with Gasteiger partial charge in [0.1, 0.15) is 11.5 Å². The van der Waals surface area contributed by atoms with Crippen molar-refractivity contribution in [1.82, 2.24) is 15.1 Å². The molecule has 1 N–H and O–H groups in total. The average molecular weight is 388 g/mol. The topological polar surface area (TPSA) is 49.0 Å². The van der Waals surface area contributed by atoms with Crippen LogP contribution < -0.4 is 0 Å². The summed E-state index contributed by atoms with van der Waals surface area (Å²) in [6.45, 7) is 1.47. The summed E-state index contributed by atoms with van der Waals surface area (Å²) in [7, 11) is 0. The number of amides is 1. The molecule has 0 saturated carbocycles. The molecule has 2 aromatic heterocycles. The van der Waals surface area contributed by atoms with E-state index in [1.807, 2.05) is 16.7 Å². The first-order valence-corrected chi connectivity index (χ1v) is 10.4. The molecule has 7 heteroatoms. The predicted molar refractivity (Wildman–Crippen MR) is 104 cm³/mol. The van der Waals surface area contributed by atoms with Gasteiger partial charge in [0.2, 0.25) is 0 Å². The van der Waals surface area contributed by atoms with Crippen LogP contribution in [-0.2, 0) is 0 Å². The van der Waals surface area contributed by atoms with Crippen LogP contribution in [0.3, 0.4) is 0 Å². The van der Waals surface area contributed by atoms with Gasteiger partial charge in [-0.25, -0.2) is 4.39 Å². The van der Waals surface area contributed by atoms with Crippen molar-refractivity contribution in [3.63, 3.8) is 0 Å². The van der Waals surface area contributed by atoms with Crippen LogP contribution in [0, 0.1) is 5.82 Å². The van der Waals surface area contributed by atoms with Crippen LogP contribution in [0.1, 0.15) is 27.0 Å². The van der Waals surface area contributed by atoms with Crippen molar-refractivity contribution in [3.8, 4) is 11.3 Å². The lowest BCUT2D eigenvalue weighted by molar-refractivity contribution is 0.0760. The van der Waals surface area contributed by atoms with E-state index in [9.17, 15) is 9.18 Å². The van der Waals surface area contributed by atoms with Gasteiger partial charge in [0.25, 0.3) is 5.91 Å². The van der Waals surface area contributed by atoms with Gasteiger partial charge in [0, 0.05) is 34.5 Å². The molecule has 4 nitrogen and oxygen atoms in total. The summed E-state index contributed by atoms with van der Waals surface area (Å²) in [5.41, 5.74) is 1.91. The highest BCUT2D eigenvalue weighted by atomic mass is 32.2. The second kappa shape index (κ2) is 7.63. The van der Waals surface area contributed by atoms with Gasteiger partial charge in [-0.1, -0.05) is 6.07 Å². The number of hydrogen-bond acceptors (Lipinski definition) is 4. The maximum atomic E-state index is 13.1. The zero-order valence-corrected chi connectivity index (χ0v) is 15.7. The van der Waals surface area contributed by atoms with Crippen LogP contribution in [0.5, 0.6) is 0 Å². The van der Waals surface area contributed by atoms with Crippen LogP contribution in [0.4, 0.5) is 4.39 Å². The summed E-state index contributed by atoms with van der Waals surface area (Å²) in [6.07, 6.45) is 0.954. The van der Waals surface area contributed by atoms with E-state index in [2.05, 4.69) is 27.7 Å². The van der Waals surface area contributed by atoms with Crippen LogP contribution in [0.25, 0.3) is 11.3 Å². The lowest BCUT2D eigenvalue weighted by atomic mass is 10.1. The van der Waals surface area contributed by atoms with E-state index >= 15 is 0 Å². The van der Waals surface area contributed by atoms with Crippen molar-refractivity contribution in [3.05, 3.63) is 64.2 Å². The minimum Gasteiger partial charge on any atom is -0.336 e. The molecule has 3 aromatic rings. The number of rotatable bonds is 3. The molecule has 134 valence electrons. The summed E-state index contributed by atoms with van der Waals surface area (Å²) < 4.78 is 13.1. The first-order chi connectivity index (χ1) is 12.7. The number of nitrogens with one attached hydrogen (secondary N) is 1. The Labute approximate surface area is 159 Å². The number of thiophene rings is 1. The summed E-state index contributed by atoms with van der Waals surface area (Å²) in [5.74, 6) is 0.606. The number of aromatic nitrogens is 2.